The molecule has 0 unspecified atom stereocenters. The minimum atomic E-state index is -0.483. The minimum Gasteiger partial charge on any atom is -0.461 e. The van der Waals surface area contributed by atoms with Crippen LogP contribution in [0.1, 0.15) is 42.3 Å². The van der Waals surface area contributed by atoms with Crippen LogP contribution in [0.4, 0.5) is 0 Å². The third-order valence-corrected chi connectivity index (χ3v) is 5.72. The van der Waals surface area contributed by atoms with Crippen LogP contribution in [-0.2, 0) is 22.6 Å². The maximum absolute atomic E-state index is 12.9. The number of benzene rings is 2. The molecule has 0 bridgehead atoms. The van der Waals surface area contributed by atoms with Gasteiger partial charge in [-0.3, -0.25) is 14.2 Å². The van der Waals surface area contributed by atoms with E-state index in [1.165, 1.54) is 6.07 Å². The number of aromatic nitrogens is 2. The quantitative estimate of drug-likeness (QED) is 0.341. The van der Waals surface area contributed by atoms with Crippen molar-refractivity contribution in [2.24, 2.45) is 0 Å². The van der Waals surface area contributed by atoms with E-state index < -0.39 is 11.6 Å². The minimum absolute atomic E-state index is 0.0232. The lowest BCUT2D eigenvalue weighted by Gasteiger charge is -2.13. The van der Waals surface area contributed by atoms with Gasteiger partial charge in [-0.1, -0.05) is 24.3 Å². The molecule has 32 heavy (non-hydrogen) atoms. The summed E-state index contributed by atoms with van der Waals surface area (Å²) in [6.07, 6.45) is 2.29. The number of rotatable bonds is 6. The molecule has 7 nitrogen and oxygen atoms in total. The van der Waals surface area contributed by atoms with E-state index in [0.29, 0.717) is 34.3 Å². The van der Waals surface area contributed by atoms with Gasteiger partial charge >= 0.3 is 11.6 Å². The number of esters is 1. The Bertz CT molecular complexity index is 1460. The Hall–Kier alpha value is -3.74. The summed E-state index contributed by atoms with van der Waals surface area (Å²) in [4.78, 5) is 41.9. The molecule has 0 N–H and O–H groups in total. The Morgan fingerprint density at radius 1 is 1.12 bits per heavy atom. The van der Waals surface area contributed by atoms with E-state index in [0.717, 1.165) is 23.8 Å². The molecule has 1 aliphatic carbocycles. The maximum atomic E-state index is 12.9. The molecule has 162 valence electrons. The average Bonchev–Trinajstić information content (AvgIpc) is 3.60. The Morgan fingerprint density at radius 3 is 2.75 bits per heavy atom. The summed E-state index contributed by atoms with van der Waals surface area (Å²) < 4.78 is 12.4. The number of hydrogen-bond acceptors (Lipinski definition) is 6. The highest BCUT2D eigenvalue weighted by Gasteiger charge is 2.28. The van der Waals surface area contributed by atoms with Gasteiger partial charge in [0, 0.05) is 29.5 Å². The number of aryl methyl sites for hydroxylation is 2. The maximum Gasteiger partial charge on any atom is 0.336 e. The number of hydrogen-bond donors (Lipinski definition) is 0. The summed E-state index contributed by atoms with van der Waals surface area (Å²) in [6.45, 7) is 1.89. The molecule has 0 aliphatic heterocycles. The van der Waals surface area contributed by atoms with Gasteiger partial charge in [0.05, 0.1) is 17.3 Å². The number of para-hydroxylation sites is 1. The SMILES string of the molecule is Cc1ccc2c(COC(=O)CCc3nc4ccccc4c(=O)n3C3CC3)cc(=O)oc2c1. The van der Waals surface area contributed by atoms with Crippen LogP contribution in [0.15, 0.2) is 62.5 Å². The van der Waals surface area contributed by atoms with Gasteiger partial charge in [0.15, 0.2) is 0 Å². The van der Waals surface area contributed by atoms with Crippen molar-refractivity contribution >= 4 is 27.8 Å². The second-order valence-corrected chi connectivity index (χ2v) is 8.20. The summed E-state index contributed by atoms with van der Waals surface area (Å²) in [5, 5.41) is 1.33. The van der Waals surface area contributed by atoms with Crippen molar-refractivity contribution in [1.29, 1.82) is 0 Å². The zero-order chi connectivity index (χ0) is 22.2. The van der Waals surface area contributed by atoms with E-state index in [9.17, 15) is 14.4 Å². The summed E-state index contributed by atoms with van der Waals surface area (Å²) >= 11 is 0. The standard InChI is InChI=1S/C25H22N2O5/c1-15-6-9-18-16(13-24(29)32-21(18)12-15)14-31-23(28)11-10-22-26-20-5-3-2-4-19(20)25(30)27(22)17-7-8-17/h2-6,9,12-13,17H,7-8,10-11,14H2,1H3. The fourth-order valence-corrected chi connectivity index (χ4v) is 3.98. The molecule has 4 aromatic rings. The smallest absolute Gasteiger partial charge is 0.336 e. The Kier molecular flexibility index (Phi) is 5.09. The summed E-state index contributed by atoms with van der Waals surface area (Å²) in [5.41, 5.74) is 2.14. The van der Waals surface area contributed by atoms with Crippen LogP contribution in [0.2, 0.25) is 0 Å². The summed E-state index contributed by atoms with van der Waals surface area (Å²) in [7, 11) is 0. The van der Waals surface area contributed by atoms with Crippen molar-refractivity contribution < 1.29 is 13.9 Å². The largest absolute Gasteiger partial charge is 0.461 e. The number of carbonyl (C=O) groups is 1. The van der Waals surface area contributed by atoms with Crippen LogP contribution in [0, 0.1) is 6.92 Å². The predicted octanol–water partition coefficient (Wildman–Crippen LogP) is 3.82. The average molecular weight is 430 g/mol. The van der Waals surface area contributed by atoms with Crippen molar-refractivity contribution in [3.8, 4) is 0 Å². The van der Waals surface area contributed by atoms with Crippen molar-refractivity contribution in [2.75, 3.05) is 0 Å². The summed E-state index contributed by atoms with van der Waals surface area (Å²) in [6, 6.07) is 14.3. The molecule has 0 saturated heterocycles. The van der Waals surface area contributed by atoms with E-state index in [1.807, 2.05) is 37.3 Å². The van der Waals surface area contributed by atoms with E-state index in [-0.39, 0.29) is 24.6 Å². The Balaban J connectivity index is 1.33. The Labute approximate surface area is 183 Å². The lowest BCUT2D eigenvalue weighted by molar-refractivity contribution is -0.144. The first kappa shape index (κ1) is 20.2. The second kappa shape index (κ2) is 8.07. The van der Waals surface area contributed by atoms with Crippen molar-refractivity contribution in [1.82, 2.24) is 9.55 Å². The lowest BCUT2D eigenvalue weighted by atomic mass is 10.1. The molecule has 2 heterocycles. The lowest BCUT2D eigenvalue weighted by Crippen LogP contribution is -2.25. The van der Waals surface area contributed by atoms with E-state index in [4.69, 9.17) is 9.15 Å². The van der Waals surface area contributed by atoms with Crippen LogP contribution in [0.3, 0.4) is 0 Å². The molecule has 0 radical (unpaired) electrons. The fraction of sp³-hybridized carbons (Fsp3) is 0.280. The van der Waals surface area contributed by atoms with Crippen molar-refractivity contribution in [2.45, 2.75) is 45.3 Å². The monoisotopic (exact) mass is 430 g/mol. The highest BCUT2D eigenvalue weighted by Crippen LogP contribution is 2.35. The van der Waals surface area contributed by atoms with Gasteiger partial charge in [-0.15, -0.1) is 0 Å². The molecule has 0 amide bonds. The van der Waals surface area contributed by atoms with Gasteiger partial charge < -0.3 is 9.15 Å². The van der Waals surface area contributed by atoms with E-state index in [2.05, 4.69) is 4.98 Å². The van der Waals surface area contributed by atoms with Crippen LogP contribution in [0.25, 0.3) is 21.9 Å². The number of carbonyl (C=O) groups excluding carboxylic acids is 1. The van der Waals surface area contributed by atoms with Crippen molar-refractivity contribution in [3.63, 3.8) is 0 Å². The van der Waals surface area contributed by atoms with Gasteiger partial charge in [0.2, 0.25) is 0 Å². The third-order valence-electron chi connectivity index (χ3n) is 5.72. The first-order valence-electron chi connectivity index (χ1n) is 10.7. The number of fused-ring (bicyclic) bond motifs is 2. The molecule has 0 spiro atoms. The fourth-order valence-electron chi connectivity index (χ4n) is 3.98. The zero-order valence-corrected chi connectivity index (χ0v) is 17.7. The topological polar surface area (TPSA) is 91.4 Å². The number of nitrogens with zero attached hydrogens (tertiary/aromatic N) is 2. The molecule has 7 heteroatoms. The molecule has 1 aliphatic rings. The van der Waals surface area contributed by atoms with E-state index >= 15 is 0 Å². The Morgan fingerprint density at radius 2 is 1.94 bits per heavy atom. The first-order valence-corrected chi connectivity index (χ1v) is 10.7. The molecular weight excluding hydrogens is 408 g/mol. The highest BCUT2D eigenvalue weighted by atomic mass is 16.5. The van der Waals surface area contributed by atoms with E-state index in [1.54, 1.807) is 16.7 Å². The molecule has 2 aromatic carbocycles. The first-order chi connectivity index (χ1) is 15.5. The predicted molar refractivity (Wildman–Crippen MR) is 120 cm³/mol. The van der Waals surface area contributed by atoms with Gasteiger partial charge in [-0.05, 0) is 43.5 Å². The van der Waals surface area contributed by atoms with Crippen LogP contribution in [0.5, 0.6) is 0 Å². The molecule has 5 rings (SSSR count). The zero-order valence-electron chi connectivity index (χ0n) is 17.7. The third kappa shape index (κ3) is 3.93. The number of ether oxygens (including phenoxy) is 1. The molecule has 2 aromatic heterocycles. The van der Waals surface area contributed by atoms with Crippen LogP contribution >= 0.6 is 0 Å². The highest BCUT2D eigenvalue weighted by molar-refractivity contribution is 5.81. The van der Waals surface area contributed by atoms with Gasteiger partial charge in [-0.25, -0.2) is 9.78 Å². The van der Waals surface area contributed by atoms with Crippen LogP contribution < -0.4 is 11.2 Å². The molecule has 1 fully saturated rings. The normalized spacial score (nSPS) is 13.5. The molecule has 0 atom stereocenters. The summed E-state index contributed by atoms with van der Waals surface area (Å²) in [5.74, 6) is 0.192. The van der Waals surface area contributed by atoms with Crippen LogP contribution in [-0.4, -0.2) is 15.5 Å². The van der Waals surface area contributed by atoms with Gasteiger partial charge in [0.25, 0.3) is 5.56 Å². The van der Waals surface area contributed by atoms with Gasteiger partial charge in [0.1, 0.15) is 18.0 Å². The second-order valence-electron chi connectivity index (χ2n) is 8.20. The van der Waals surface area contributed by atoms with Gasteiger partial charge in [-0.2, -0.15) is 0 Å². The molecule has 1 saturated carbocycles. The van der Waals surface area contributed by atoms with Crippen molar-refractivity contribution in [3.05, 3.63) is 86.3 Å². The molecular formula is C25H22N2O5.